The molecule has 0 bridgehead atoms. The smallest absolute Gasteiger partial charge is 0.322 e. The molecule has 0 aliphatic rings. The fourth-order valence-corrected chi connectivity index (χ4v) is 2.90. The summed E-state index contributed by atoms with van der Waals surface area (Å²) in [6, 6.07) is 20.1. The first-order chi connectivity index (χ1) is 15.2. The molecule has 3 amide bonds. The highest BCUT2D eigenvalue weighted by molar-refractivity contribution is 6.06. The Kier molecular flexibility index (Phi) is 6.94. The van der Waals surface area contributed by atoms with Crippen molar-refractivity contribution in [1.82, 2.24) is 0 Å². The van der Waals surface area contributed by atoms with Crippen molar-refractivity contribution < 1.29 is 22.8 Å². The molecule has 0 atom stereocenters. The molecule has 0 aliphatic carbocycles. The van der Waals surface area contributed by atoms with Gasteiger partial charge in [0, 0.05) is 23.1 Å². The van der Waals surface area contributed by atoms with Crippen molar-refractivity contribution in [3.63, 3.8) is 0 Å². The fourth-order valence-electron chi connectivity index (χ4n) is 2.90. The number of rotatable bonds is 5. The number of carbonyl (C=O) groups is 2. The molecule has 8 heteroatoms. The van der Waals surface area contributed by atoms with E-state index in [4.69, 9.17) is 0 Å². The van der Waals surface area contributed by atoms with Crippen LogP contribution in [0.5, 0.6) is 0 Å². The summed E-state index contributed by atoms with van der Waals surface area (Å²) in [4.78, 5) is 24.6. The van der Waals surface area contributed by atoms with Crippen LogP contribution < -0.4 is 16.0 Å². The minimum Gasteiger partial charge on any atom is -0.322 e. The Balaban J connectivity index is 1.75. The number of allylic oxidation sites excluding steroid dienone is 1. The predicted octanol–water partition coefficient (Wildman–Crippen LogP) is 6.22. The fraction of sp³-hybridized carbons (Fsp3) is 0.0833. The summed E-state index contributed by atoms with van der Waals surface area (Å²) in [5.41, 5.74) is 0.691. The lowest BCUT2D eigenvalue weighted by molar-refractivity contribution is -0.112. The topological polar surface area (TPSA) is 70.2 Å². The summed E-state index contributed by atoms with van der Waals surface area (Å²) >= 11 is 0. The first-order valence-electron chi connectivity index (χ1n) is 9.61. The van der Waals surface area contributed by atoms with Crippen LogP contribution in [0.2, 0.25) is 0 Å². The highest BCUT2D eigenvalue weighted by atomic mass is 19.4. The Morgan fingerprint density at radius 2 is 1.38 bits per heavy atom. The van der Waals surface area contributed by atoms with Crippen LogP contribution in [0.25, 0.3) is 5.57 Å². The summed E-state index contributed by atoms with van der Waals surface area (Å²) in [6.07, 6.45) is -4.18. The van der Waals surface area contributed by atoms with E-state index >= 15 is 0 Å². The van der Waals surface area contributed by atoms with Crippen LogP contribution in [-0.2, 0) is 4.79 Å². The molecule has 0 saturated heterocycles. The molecule has 3 N–H and O–H groups in total. The van der Waals surface area contributed by atoms with Crippen molar-refractivity contribution in [3.8, 4) is 0 Å². The van der Waals surface area contributed by atoms with Crippen LogP contribution in [0.4, 0.5) is 35.0 Å². The van der Waals surface area contributed by atoms with Crippen molar-refractivity contribution >= 4 is 34.6 Å². The minimum atomic E-state index is -4.70. The van der Waals surface area contributed by atoms with Gasteiger partial charge in [-0.1, -0.05) is 54.6 Å². The van der Waals surface area contributed by atoms with Gasteiger partial charge in [-0.2, -0.15) is 13.2 Å². The second-order valence-corrected chi connectivity index (χ2v) is 6.89. The zero-order valence-corrected chi connectivity index (χ0v) is 17.0. The first-order valence-corrected chi connectivity index (χ1v) is 9.61. The molecule has 0 saturated carbocycles. The second kappa shape index (κ2) is 9.82. The number of carbonyl (C=O) groups excluding carboxylic acids is 2. The van der Waals surface area contributed by atoms with Gasteiger partial charge in [0.2, 0.25) is 5.91 Å². The number of para-hydroxylation sites is 1. The van der Waals surface area contributed by atoms with Crippen molar-refractivity contribution in [2.75, 3.05) is 16.0 Å². The molecule has 0 unspecified atom stereocenters. The van der Waals surface area contributed by atoms with Gasteiger partial charge in [-0.25, -0.2) is 4.79 Å². The zero-order chi connectivity index (χ0) is 23.1. The maximum absolute atomic E-state index is 13.5. The summed E-state index contributed by atoms with van der Waals surface area (Å²) in [5.74, 6) is -0.935. The lowest BCUT2D eigenvalue weighted by Crippen LogP contribution is -2.20. The molecule has 3 aromatic carbocycles. The average Bonchev–Trinajstić information content (AvgIpc) is 2.75. The Morgan fingerprint density at radius 3 is 2.00 bits per heavy atom. The average molecular weight is 439 g/mol. The largest absolute Gasteiger partial charge is 0.417 e. The van der Waals surface area contributed by atoms with Gasteiger partial charge in [-0.3, -0.25) is 4.79 Å². The SMILES string of the molecule is Cc1ccc(NC(=O)Nc2ccccc2)cc1NC(=O)/C=C(/c1ccccc1)C(F)(F)F. The molecular formula is C24H20F3N3O2. The minimum absolute atomic E-state index is 0.111. The van der Waals surface area contributed by atoms with E-state index in [1.54, 1.807) is 49.4 Å². The number of anilines is 3. The van der Waals surface area contributed by atoms with E-state index in [9.17, 15) is 22.8 Å². The van der Waals surface area contributed by atoms with E-state index in [0.717, 1.165) is 0 Å². The third kappa shape index (κ3) is 6.21. The van der Waals surface area contributed by atoms with Gasteiger partial charge in [0.25, 0.3) is 0 Å². The second-order valence-electron chi connectivity index (χ2n) is 6.89. The molecule has 0 aliphatic heterocycles. The Hall–Kier alpha value is -4.07. The maximum Gasteiger partial charge on any atom is 0.417 e. The lowest BCUT2D eigenvalue weighted by atomic mass is 10.0. The van der Waals surface area contributed by atoms with Gasteiger partial charge in [0.1, 0.15) is 0 Å². The van der Waals surface area contributed by atoms with E-state index in [0.29, 0.717) is 23.0 Å². The first kappa shape index (κ1) is 22.6. The number of hydrogen-bond donors (Lipinski definition) is 3. The number of urea groups is 1. The van der Waals surface area contributed by atoms with Gasteiger partial charge in [0.15, 0.2) is 0 Å². The molecule has 0 heterocycles. The van der Waals surface area contributed by atoms with Gasteiger partial charge < -0.3 is 16.0 Å². The van der Waals surface area contributed by atoms with Crippen LogP contribution in [0.1, 0.15) is 11.1 Å². The summed E-state index contributed by atoms with van der Waals surface area (Å²) in [5, 5.41) is 7.74. The molecular weight excluding hydrogens is 419 g/mol. The Labute approximate surface area is 183 Å². The molecule has 0 aromatic heterocycles. The van der Waals surface area contributed by atoms with E-state index in [1.165, 1.54) is 30.3 Å². The summed E-state index contributed by atoms with van der Waals surface area (Å²) in [6.45, 7) is 1.69. The molecule has 3 rings (SSSR count). The Morgan fingerprint density at radius 1 is 0.781 bits per heavy atom. The van der Waals surface area contributed by atoms with Crippen molar-refractivity contribution in [1.29, 1.82) is 0 Å². The number of hydrogen-bond acceptors (Lipinski definition) is 2. The quantitative estimate of drug-likeness (QED) is 0.413. The lowest BCUT2D eigenvalue weighted by Gasteiger charge is -2.14. The highest BCUT2D eigenvalue weighted by Crippen LogP contribution is 2.33. The summed E-state index contributed by atoms with van der Waals surface area (Å²) < 4.78 is 40.4. The van der Waals surface area contributed by atoms with Crippen molar-refractivity contribution in [2.45, 2.75) is 13.1 Å². The van der Waals surface area contributed by atoms with Crippen LogP contribution in [0.15, 0.2) is 84.9 Å². The number of amides is 3. The van der Waals surface area contributed by atoms with Crippen LogP contribution in [-0.4, -0.2) is 18.1 Å². The third-order valence-electron chi connectivity index (χ3n) is 4.45. The molecule has 0 fully saturated rings. The van der Waals surface area contributed by atoms with Gasteiger partial charge in [0.05, 0.1) is 5.57 Å². The van der Waals surface area contributed by atoms with Crippen molar-refractivity contribution in [3.05, 3.63) is 96.1 Å². The Bertz CT molecular complexity index is 1130. The number of halogens is 3. The molecule has 32 heavy (non-hydrogen) atoms. The van der Waals surface area contributed by atoms with E-state index < -0.39 is 23.7 Å². The molecule has 5 nitrogen and oxygen atoms in total. The summed E-state index contributed by atoms with van der Waals surface area (Å²) in [7, 11) is 0. The highest BCUT2D eigenvalue weighted by Gasteiger charge is 2.35. The zero-order valence-electron chi connectivity index (χ0n) is 17.0. The normalized spacial score (nSPS) is 11.6. The monoisotopic (exact) mass is 439 g/mol. The van der Waals surface area contributed by atoms with Crippen LogP contribution >= 0.6 is 0 Å². The van der Waals surface area contributed by atoms with E-state index in [-0.39, 0.29) is 11.3 Å². The molecule has 0 radical (unpaired) electrons. The maximum atomic E-state index is 13.5. The van der Waals surface area contributed by atoms with Crippen LogP contribution in [0, 0.1) is 6.92 Å². The number of alkyl halides is 3. The van der Waals surface area contributed by atoms with Gasteiger partial charge in [-0.15, -0.1) is 0 Å². The third-order valence-corrected chi connectivity index (χ3v) is 4.45. The predicted molar refractivity (Wildman–Crippen MR) is 119 cm³/mol. The number of nitrogens with one attached hydrogen (secondary N) is 3. The number of benzene rings is 3. The number of aryl methyl sites for hydroxylation is 1. The standard InChI is InChI=1S/C24H20F3N3O2/c1-16-12-13-19(29-23(32)28-18-10-6-3-7-11-18)14-21(16)30-22(31)15-20(24(25,26)27)17-8-4-2-5-9-17/h2-15H,1H3,(H,30,31)(H2,28,29,32)/b20-15-. The van der Waals surface area contributed by atoms with Crippen LogP contribution in [0.3, 0.4) is 0 Å². The van der Waals surface area contributed by atoms with E-state index in [2.05, 4.69) is 16.0 Å². The van der Waals surface area contributed by atoms with Gasteiger partial charge >= 0.3 is 12.2 Å². The van der Waals surface area contributed by atoms with E-state index in [1.807, 2.05) is 6.07 Å². The molecule has 0 spiro atoms. The molecule has 164 valence electrons. The molecule has 3 aromatic rings. The van der Waals surface area contributed by atoms with Gasteiger partial charge in [-0.05, 0) is 42.3 Å². The van der Waals surface area contributed by atoms with Crippen molar-refractivity contribution in [2.24, 2.45) is 0 Å².